The molecule has 3 nitrogen and oxygen atoms in total. The maximum Gasteiger partial charge on any atom is 0.129 e. The number of aromatic nitrogens is 1. The van der Waals surface area contributed by atoms with Crippen molar-refractivity contribution in [3.63, 3.8) is 0 Å². The molecule has 2 bridgehead atoms. The van der Waals surface area contributed by atoms with Crippen molar-refractivity contribution < 1.29 is 0 Å². The lowest BCUT2D eigenvalue weighted by Gasteiger charge is -2.22. The quantitative estimate of drug-likeness (QED) is 0.695. The summed E-state index contributed by atoms with van der Waals surface area (Å²) < 4.78 is 0. The molecule has 2 aliphatic heterocycles. The average molecular weight is 199 g/mol. The Hall–Kier alpha value is -1.56. The summed E-state index contributed by atoms with van der Waals surface area (Å²) in [5, 5.41) is 8.71. The first-order valence-corrected chi connectivity index (χ1v) is 5.53. The van der Waals surface area contributed by atoms with Gasteiger partial charge >= 0.3 is 0 Å². The summed E-state index contributed by atoms with van der Waals surface area (Å²) in [7, 11) is 0. The molecule has 2 saturated heterocycles. The van der Waals surface area contributed by atoms with Gasteiger partial charge in [-0.1, -0.05) is 0 Å². The Kier molecular flexibility index (Phi) is 1.88. The van der Waals surface area contributed by atoms with Gasteiger partial charge in [0.1, 0.15) is 11.9 Å². The molecule has 3 heteroatoms. The number of rotatable bonds is 1. The zero-order valence-electron chi connectivity index (χ0n) is 8.56. The molecule has 3 heterocycles. The predicted octanol–water partition coefficient (Wildman–Crippen LogP) is 2.08. The minimum atomic E-state index is 0.644. The van der Waals surface area contributed by atoms with Crippen LogP contribution in [-0.2, 0) is 0 Å². The van der Waals surface area contributed by atoms with Crippen LogP contribution in [0, 0.1) is 11.3 Å². The Labute approximate surface area is 89.3 Å². The number of fused-ring (bicyclic) bond motifs is 2. The first-order chi connectivity index (χ1) is 7.38. The fourth-order valence-corrected chi connectivity index (χ4v) is 2.89. The summed E-state index contributed by atoms with van der Waals surface area (Å²) in [5.41, 5.74) is 0.644. The maximum absolute atomic E-state index is 8.71. The van der Waals surface area contributed by atoms with E-state index in [1.807, 2.05) is 12.1 Å². The van der Waals surface area contributed by atoms with Crippen molar-refractivity contribution in [2.75, 3.05) is 4.90 Å². The van der Waals surface area contributed by atoms with Crippen LogP contribution in [0.4, 0.5) is 5.82 Å². The number of nitriles is 1. The molecule has 0 N–H and O–H groups in total. The van der Waals surface area contributed by atoms with Gasteiger partial charge in [-0.15, -0.1) is 0 Å². The third kappa shape index (κ3) is 1.29. The van der Waals surface area contributed by atoms with E-state index in [2.05, 4.69) is 16.0 Å². The lowest BCUT2D eigenvalue weighted by atomic mass is 10.0. The minimum Gasteiger partial charge on any atom is -0.351 e. The van der Waals surface area contributed by atoms with Crippen molar-refractivity contribution in [2.45, 2.75) is 37.8 Å². The molecule has 3 rings (SSSR count). The Balaban J connectivity index is 1.90. The maximum atomic E-state index is 8.71. The normalized spacial score (nSPS) is 28.1. The zero-order valence-corrected chi connectivity index (χ0v) is 8.56. The van der Waals surface area contributed by atoms with E-state index in [4.69, 9.17) is 5.26 Å². The van der Waals surface area contributed by atoms with Gasteiger partial charge in [0.25, 0.3) is 0 Å². The van der Waals surface area contributed by atoms with Crippen molar-refractivity contribution in [2.24, 2.45) is 0 Å². The number of hydrogen-bond acceptors (Lipinski definition) is 3. The molecular weight excluding hydrogens is 186 g/mol. The zero-order chi connectivity index (χ0) is 10.3. The highest BCUT2D eigenvalue weighted by molar-refractivity contribution is 5.46. The van der Waals surface area contributed by atoms with Gasteiger partial charge in [-0.25, -0.2) is 4.98 Å². The highest BCUT2D eigenvalue weighted by Crippen LogP contribution is 2.39. The van der Waals surface area contributed by atoms with E-state index < -0.39 is 0 Å². The smallest absolute Gasteiger partial charge is 0.129 e. The molecule has 0 unspecified atom stereocenters. The van der Waals surface area contributed by atoms with Crippen LogP contribution in [0.15, 0.2) is 18.3 Å². The third-order valence-electron chi connectivity index (χ3n) is 3.59. The van der Waals surface area contributed by atoms with Crippen molar-refractivity contribution in [3.8, 4) is 6.07 Å². The molecule has 1 aromatic heterocycles. The van der Waals surface area contributed by atoms with Crippen LogP contribution in [0.3, 0.4) is 0 Å². The second-order valence-electron chi connectivity index (χ2n) is 4.39. The van der Waals surface area contributed by atoms with Crippen LogP contribution in [-0.4, -0.2) is 17.1 Å². The van der Waals surface area contributed by atoms with Crippen molar-refractivity contribution in [3.05, 3.63) is 23.9 Å². The molecule has 2 aliphatic rings. The number of anilines is 1. The number of nitrogens with zero attached hydrogens (tertiary/aromatic N) is 3. The van der Waals surface area contributed by atoms with E-state index in [0.717, 1.165) is 5.82 Å². The molecule has 0 aromatic carbocycles. The van der Waals surface area contributed by atoms with Crippen LogP contribution in [0.5, 0.6) is 0 Å². The summed E-state index contributed by atoms with van der Waals surface area (Å²) in [4.78, 5) is 6.82. The third-order valence-corrected chi connectivity index (χ3v) is 3.59. The fourth-order valence-electron chi connectivity index (χ4n) is 2.89. The van der Waals surface area contributed by atoms with Crippen LogP contribution >= 0.6 is 0 Å². The van der Waals surface area contributed by atoms with Gasteiger partial charge in [0.15, 0.2) is 0 Å². The van der Waals surface area contributed by atoms with E-state index in [-0.39, 0.29) is 0 Å². The van der Waals surface area contributed by atoms with Gasteiger partial charge in [-0.3, -0.25) is 0 Å². The summed E-state index contributed by atoms with van der Waals surface area (Å²) in [6, 6.07) is 7.35. The van der Waals surface area contributed by atoms with Gasteiger partial charge in [0.05, 0.1) is 5.56 Å². The lowest BCUT2D eigenvalue weighted by Crippen LogP contribution is -2.28. The summed E-state index contributed by atoms with van der Waals surface area (Å²) in [6.07, 6.45) is 6.92. The molecule has 2 fully saturated rings. The van der Waals surface area contributed by atoms with E-state index >= 15 is 0 Å². The molecule has 0 atom stereocenters. The van der Waals surface area contributed by atoms with E-state index in [0.29, 0.717) is 17.6 Å². The van der Waals surface area contributed by atoms with Crippen molar-refractivity contribution in [1.82, 2.24) is 4.98 Å². The Morgan fingerprint density at radius 1 is 1.20 bits per heavy atom. The van der Waals surface area contributed by atoms with E-state index in [1.165, 1.54) is 25.7 Å². The second-order valence-corrected chi connectivity index (χ2v) is 4.39. The average Bonchev–Trinajstić information content (AvgIpc) is 2.89. The number of hydrogen-bond donors (Lipinski definition) is 0. The van der Waals surface area contributed by atoms with Crippen LogP contribution in [0.2, 0.25) is 0 Å². The number of pyridine rings is 1. The van der Waals surface area contributed by atoms with Gasteiger partial charge in [0.2, 0.25) is 0 Å². The molecule has 1 aromatic rings. The fraction of sp³-hybridized carbons (Fsp3) is 0.500. The van der Waals surface area contributed by atoms with Gasteiger partial charge < -0.3 is 4.90 Å². The van der Waals surface area contributed by atoms with Gasteiger partial charge in [-0.2, -0.15) is 5.26 Å². The molecule has 0 spiro atoms. The predicted molar refractivity (Wildman–Crippen MR) is 57.5 cm³/mol. The molecule has 76 valence electrons. The molecular formula is C12H13N3. The topological polar surface area (TPSA) is 39.9 Å². The summed E-state index contributed by atoms with van der Waals surface area (Å²) in [6.45, 7) is 0. The van der Waals surface area contributed by atoms with Crippen molar-refractivity contribution in [1.29, 1.82) is 5.26 Å². The first-order valence-electron chi connectivity index (χ1n) is 5.53. The van der Waals surface area contributed by atoms with E-state index in [9.17, 15) is 0 Å². The highest BCUT2D eigenvalue weighted by atomic mass is 15.3. The molecule has 0 aliphatic carbocycles. The summed E-state index contributed by atoms with van der Waals surface area (Å²) >= 11 is 0. The Morgan fingerprint density at radius 2 is 1.87 bits per heavy atom. The largest absolute Gasteiger partial charge is 0.351 e. The standard InChI is InChI=1S/C12H13N3/c13-7-9-1-6-12(14-8-9)15-10-2-3-11(15)5-4-10/h1,6,8,10-11H,2-5H2. The molecule has 0 radical (unpaired) electrons. The van der Waals surface area contributed by atoms with Crippen LogP contribution in [0.1, 0.15) is 31.2 Å². The highest BCUT2D eigenvalue weighted by Gasteiger charge is 2.39. The van der Waals surface area contributed by atoms with E-state index in [1.54, 1.807) is 6.20 Å². The Bertz CT molecular complexity index is 384. The van der Waals surface area contributed by atoms with Gasteiger partial charge in [-0.05, 0) is 37.8 Å². The second kappa shape index (κ2) is 3.23. The Morgan fingerprint density at radius 3 is 2.33 bits per heavy atom. The van der Waals surface area contributed by atoms with Crippen LogP contribution < -0.4 is 4.90 Å². The minimum absolute atomic E-state index is 0.644. The molecule has 0 saturated carbocycles. The monoisotopic (exact) mass is 199 g/mol. The first kappa shape index (κ1) is 8.72. The van der Waals surface area contributed by atoms with Crippen molar-refractivity contribution >= 4 is 5.82 Å². The SMILES string of the molecule is N#Cc1ccc(N2C3CCC2CC3)nc1. The molecule has 15 heavy (non-hydrogen) atoms. The summed E-state index contributed by atoms with van der Waals surface area (Å²) in [5.74, 6) is 1.05. The molecule has 0 amide bonds. The van der Waals surface area contributed by atoms with Gasteiger partial charge in [0, 0.05) is 18.3 Å². The van der Waals surface area contributed by atoms with Crippen LogP contribution in [0.25, 0.3) is 0 Å². The lowest BCUT2D eigenvalue weighted by molar-refractivity contribution is 0.576.